The molecule has 5 heteroatoms. The molecule has 0 fully saturated rings. The first-order valence-electron chi connectivity index (χ1n) is 6.41. The molecule has 2 aromatic heterocycles. The number of aromatic amines is 1. The lowest BCUT2D eigenvalue weighted by Crippen LogP contribution is -2.14. The summed E-state index contributed by atoms with van der Waals surface area (Å²) in [5, 5.41) is 3.14. The second kappa shape index (κ2) is 6.13. The van der Waals surface area contributed by atoms with E-state index in [4.69, 9.17) is 0 Å². The maximum Gasteiger partial charge on any atom is 0.252 e. The van der Waals surface area contributed by atoms with E-state index in [1.165, 1.54) is 6.07 Å². The molecule has 0 aliphatic rings. The van der Waals surface area contributed by atoms with Gasteiger partial charge in [0.05, 0.1) is 5.69 Å². The Morgan fingerprint density at radius 2 is 2.26 bits per heavy atom. The van der Waals surface area contributed by atoms with Gasteiger partial charge in [-0.05, 0) is 24.5 Å². The summed E-state index contributed by atoms with van der Waals surface area (Å²) >= 11 is 0. The minimum atomic E-state index is -0.166. The Labute approximate surface area is 112 Å². The second-order valence-electron chi connectivity index (χ2n) is 4.83. The molecule has 0 unspecified atom stereocenters. The van der Waals surface area contributed by atoms with Crippen molar-refractivity contribution in [3.63, 3.8) is 0 Å². The molecule has 5 nitrogen and oxygen atoms in total. The Balaban J connectivity index is 2.18. The predicted molar refractivity (Wildman–Crippen MR) is 76.0 cm³/mol. The van der Waals surface area contributed by atoms with Crippen molar-refractivity contribution < 1.29 is 0 Å². The summed E-state index contributed by atoms with van der Waals surface area (Å²) in [5.41, 5.74) is 1.30. The van der Waals surface area contributed by atoms with Crippen LogP contribution in [0.4, 0.5) is 5.95 Å². The molecule has 0 aromatic carbocycles. The maximum atomic E-state index is 11.6. The third-order valence-electron chi connectivity index (χ3n) is 2.71. The number of anilines is 1. The molecular formula is C14H18N4O. The number of pyridine rings is 1. The highest BCUT2D eigenvalue weighted by atomic mass is 16.1. The fraction of sp³-hybridized carbons (Fsp3) is 0.357. The zero-order valence-corrected chi connectivity index (χ0v) is 11.2. The average molecular weight is 258 g/mol. The summed E-state index contributed by atoms with van der Waals surface area (Å²) in [7, 11) is 0. The minimum absolute atomic E-state index is 0.166. The third-order valence-corrected chi connectivity index (χ3v) is 2.71. The Kier molecular flexibility index (Phi) is 4.28. The van der Waals surface area contributed by atoms with E-state index in [2.05, 4.69) is 34.1 Å². The van der Waals surface area contributed by atoms with Crippen LogP contribution in [0.2, 0.25) is 0 Å². The van der Waals surface area contributed by atoms with Gasteiger partial charge in [-0.2, -0.15) is 0 Å². The molecule has 0 spiro atoms. The van der Waals surface area contributed by atoms with Gasteiger partial charge in [0.25, 0.3) is 5.56 Å². The highest BCUT2D eigenvalue weighted by Gasteiger charge is 2.04. The number of hydrogen-bond acceptors (Lipinski definition) is 4. The van der Waals surface area contributed by atoms with Crippen molar-refractivity contribution in [1.29, 1.82) is 0 Å². The normalized spacial score (nSPS) is 10.7. The lowest BCUT2D eigenvalue weighted by atomic mass is 10.1. The molecule has 0 aliphatic carbocycles. The first kappa shape index (κ1) is 13.3. The largest absolute Gasteiger partial charge is 0.356 e. The Hall–Kier alpha value is -2.17. The first-order chi connectivity index (χ1) is 9.15. The van der Waals surface area contributed by atoms with Gasteiger partial charge in [0.1, 0.15) is 0 Å². The van der Waals surface area contributed by atoms with Crippen LogP contribution < -0.4 is 10.9 Å². The van der Waals surface area contributed by atoms with Gasteiger partial charge in [-0.1, -0.05) is 13.8 Å². The molecule has 2 N–H and O–H groups in total. The van der Waals surface area contributed by atoms with E-state index in [9.17, 15) is 4.79 Å². The lowest BCUT2D eigenvalue weighted by Gasteiger charge is -2.08. The predicted octanol–water partition coefficient (Wildman–Crippen LogP) is 2.29. The Morgan fingerprint density at radius 1 is 1.42 bits per heavy atom. The summed E-state index contributed by atoms with van der Waals surface area (Å²) < 4.78 is 0. The van der Waals surface area contributed by atoms with Gasteiger partial charge in [-0.15, -0.1) is 0 Å². The molecular weight excluding hydrogens is 240 g/mol. The van der Waals surface area contributed by atoms with Gasteiger partial charge in [-0.3, -0.25) is 14.8 Å². The van der Waals surface area contributed by atoms with Gasteiger partial charge in [0.2, 0.25) is 5.95 Å². The van der Waals surface area contributed by atoms with Gasteiger partial charge in [-0.25, -0.2) is 4.98 Å². The van der Waals surface area contributed by atoms with E-state index in [-0.39, 0.29) is 5.56 Å². The van der Waals surface area contributed by atoms with Crippen LogP contribution in [0.5, 0.6) is 0 Å². The minimum Gasteiger partial charge on any atom is -0.356 e. The van der Waals surface area contributed by atoms with Crippen LogP contribution >= 0.6 is 0 Å². The Morgan fingerprint density at radius 3 is 2.95 bits per heavy atom. The van der Waals surface area contributed by atoms with Crippen LogP contribution in [-0.4, -0.2) is 21.5 Å². The lowest BCUT2D eigenvalue weighted by molar-refractivity contribution is 0.606. The molecule has 2 heterocycles. The van der Waals surface area contributed by atoms with E-state index in [1.807, 2.05) is 12.1 Å². The highest BCUT2D eigenvalue weighted by Crippen LogP contribution is 2.14. The smallest absolute Gasteiger partial charge is 0.252 e. The van der Waals surface area contributed by atoms with Crippen molar-refractivity contribution in [1.82, 2.24) is 15.0 Å². The molecule has 0 saturated carbocycles. The van der Waals surface area contributed by atoms with Gasteiger partial charge >= 0.3 is 0 Å². The Bertz CT molecular complexity index is 577. The fourth-order valence-corrected chi connectivity index (χ4v) is 1.68. The summed E-state index contributed by atoms with van der Waals surface area (Å²) in [5.74, 6) is 1.12. The zero-order valence-electron chi connectivity index (χ0n) is 11.2. The summed E-state index contributed by atoms with van der Waals surface area (Å²) in [4.78, 5) is 22.7. The van der Waals surface area contributed by atoms with E-state index < -0.39 is 0 Å². The maximum absolute atomic E-state index is 11.6. The van der Waals surface area contributed by atoms with Gasteiger partial charge in [0.15, 0.2) is 0 Å². The average Bonchev–Trinajstić information content (AvgIpc) is 2.39. The molecule has 0 saturated heterocycles. The number of rotatable bonds is 5. The molecule has 0 bridgehead atoms. The number of hydrogen-bond donors (Lipinski definition) is 2. The van der Waals surface area contributed by atoms with Crippen molar-refractivity contribution in [2.45, 2.75) is 20.3 Å². The molecule has 100 valence electrons. The van der Waals surface area contributed by atoms with Crippen LogP contribution in [0.15, 0.2) is 35.4 Å². The second-order valence-corrected chi connectivity index (χ2v) is 4.83. The van der Waals surface area contributed by atoms with Crippen molar-refractivity contribution in [2.24, 2.45) is 5.92 Å². The molecule has 0 radical (unpaired) electrons. The van der Waals surface area contributed by atoms with E-state index in [1.54, 1.807) is 12.4 Å². The van der Waals surface area contributed by atoms with Crippen molar-refractivity contribution in [2.75, 3.05) is 11.9 Å². The van der Waals surface area contributed by atoms with E-state index >= 15 is 0 Å². The van der Waals surface area contributed by atoms with Crippen LogP contribution in [0.25, 0.3) is 11.3 Å². The number of nitrogens with zero attached hydrogens (tertiary/aromatic N) is 2. The molecule has 0 aliphatic heterocycles. The van der Waals surface area contributed by atoms with Gasteiger partial charge < -0.3 is 5.32 Å². The number of H-pyrrole nitrogens is 1. The summed E-state index contributed by atoms with van der Waals surface area (Å²) in [6, 6.07) is 5.18. The molecule has 0 atom stereocenters. The van der Waals surface area contributed by atoms with E-state index in [0.29, 0.717) is 17.6 Å². The molecule has 19 heavy (non-hydrogen) atoms. The summed E-state index contributed by atoms with van der Waals surface area (Å²) in [6.45, 7) is 5.10. The standard InChI is InChI=1S/C14H18N4O/c1-10(2)5-7-16-14-17-12(8-13(19)18-14)11-4-3-6-15-9-11/h3-4,6,8-10H,5,7H2,1-2H3,(H2,16,17,18,19). The van der Waals surface area contributed by atoms with Crippen LogP contribution in [0.3, 0.4) is 0 Å². The highest BCUT2D eigenvalue weighted by molar-refractivity contribution is 5.58. The molecule has 0 amide bonds. The van der Waals surface area contributed by atoms with E-state index in [0.717, 1.165) is 18.5 Å². The van der Waals surface area contributed by atoms with Crippen molar-refractivity contribution in [3.05, 3.63) is 40.9 Å². The molecule has 2 aromatic rings. The number of nitrogens with one attached hydrogen (secondary N) is 2. The van der Waals surface area contributed by atoms with Crippen molar-refractivity contribution >= 4 is 5.95 Å². The fourth-order valence-electron chi connectivity index (χ4n) is 1.68. The van der Waals surface area contributed by atoms with Crippen LogP contribution in [0, 0.1) is 5.92 Å². The van der Waals surface area contributed by atoms with Gasteiger partial charge in [0, 0.05) is 30.6 Å². The topological polar surface area (TPSA) is 70.7 Å². The number of aromatic nitrogens is 3. The monoisotopic (exact) mass is 258 g/mol. The van der Waals surface area contributed by atoms with Crippen molar-refractivity contribution in [3.8, 4) is 11.3 Å². The third kappa shape index (κ3) is 3.91. The zero-order chi connectivity index (χ0) is 13.7. The van der Waals surface area contributed by atoms with Crippen LogP contribution in [0.1, 0.15) is 20.3 Å². The molecule has 2 rings (SSSR count). The van der Waals surface area contributed by atoms with Crippen LogP contribution in [-0.2, 0) is 0 Å². The quantitative estimate of drug-likeness (QED) is 0.863. The first-order valence-corrected chi connectivity index (χ1v) is 6.41. The summed E-state index contributed by atoms with van der Waals surface area (Å²) in [6.07, 6.45) is 4.42. The SMILES string of the molecule is CC(C)CCNc1nc(-c2cccnc2)cc(=O)[nH]1.